The van der Waals surface area contributed by atoms with Crippen molar-refractivity contribution in [3.63, 3.8) is 0 Å². The lowest BCUT2D eigenvalue weighted by molar-refractivity contribution is -0.129. The van der Waals surface area contributed by atoms with E-state index in [1.54, 1.807) is 7.11 Å². The highest BCUT2D eigenvalue weighted by Crippen LogP contribution is 2.27. The molecule has 0 bridgehead atoms. The zero-order valence-electron chi connectivity index (χ0n) is 11.7. The lowest BCUT2D eigenvalue weighted by Gasteiger charge is -2.32. The van der Waals surface area contributed by atoms with E-state index in [1.807, 2.05) is 35.2 Å². The Morgan fingerprint density at radius 2 is 2.05 bits per heavy atom. The number of para-hydroxylation sites is 1. The highest BCUT2D eigenvalue weighted by molar-refractivity contribution is 5.99. The monoisotopic (exact) mass is 273 g/mol. The average molecular weight is 273 g/mol. The molecule has 2 aliphatic heterocycles. The molecule has 1 saturated heterocycles. The van der Waals surface area contributed by atoms with E-state index in [9.17, 15) is 4.79 Å². The summed E-state index contributed by atoms with van der Waals surface area (Å²) in [6.07, 6.45) is 4.06. The molecule has 106 valence electrons. The van der Waals surface area contributed by atoms with E-state index in [4.69, 9.17) is 9.47 Å². The van der Waals surface area contributed by atoms with Gasteiger partial charge in [-0.2, -0.15) is 0 Å². The molecule has 0 spiro atoms. The second kappa shape index (κ2) is 5.67. The number of hydrogen-bond donors (Lipinski definition) is 0. The van der Waals surface area contributed by atoms with Crippen LogP contribution in [0.15, 0.2) is 29.8 Å². The van der Waals surface area contributed by atoms with E-state index in [-0.39, 0.29) is 12.0 Å². The minimum Gasteiger partial charge on any atom is -0.488 e. The summed E-state index contributed by atoms with van der Waals surface area (Å²) < 4.78 is 11.0. The summed E-state index contributed by atoms with van der Waals surface area (Å²) in [6.45, 7) is 1.88. The standard InChI is InChI=1S/C16H19NO3/c1-19-14-6-8-17(9-7-14)16(18)13-10-12-4-2-3-5-15(12)20-11-13/h2-5,10,14H,6-9,11H2,1H3. The van der Waals surface area contributed by atoms with E-state index >= 15 is 0 Å². The van der Waals surface area contributed by atoms with Gasteiger partial charge in [-0.25, -0.2) is 0 Å². The fourth-order valence-corrected chi connectivity index (χ4v) is 2.74. The van der Waals surface area contributed by atoms with Crippen molar-refractivity contribution < 1.29 is 14.3 Å². The summed E-state index contributed by atoms with van der Waals surface area (Å²) in [6, 6.07) is 7.79. The minimum atomic E-state index is 0.0917. The summed E-state index contributed by atoms with van der Waals surface area (Å²) in [5.74, 6) is 0.941. The number of carbonyl (C=O) groups excluding carboxylic acids is 1. The first-order valence-electron chi connectivity index (χ1n) is 7.02. The molecule has 2 heterocycles. The van der Waals surface area contributed by atoms with Crippen molar-refractivity contribution in [1.29, 1.82) is 0 Å². The second-order valence-electron chi connectivity index (χ2n) is 5.22. The topological polar surface area (TPSA) is 38.8 Å². The lowest BCUT2D eigenvalue weighted by atomic mass is 10.0. The molecule has 0 N–H and O–H groups in total. The summed E-state index contributed by atoms with van der Waals surface area (Å²) in [5.41, 5.74) is 1.72. The van der Waals surface area contributed by atoms with Gasteiger partial charge < -0.3 is 14.4 Å². The van der Waals surface area contributed by atoms with Gasteiger partial charge in [0.05, 0.1) is 11.7 Å². The van der Waals surface area contributed by atoms with Crippen LogP contribution in [0.2, 0.25) is 0 Å². The van der Waals surface area contributed by atoms with Crippen LogP contribution in [-0.4, -0.2) is 43.7 Å². The molecule has 20 heavy (non-hydrogen) atoms. The largest absolute Gasteiger partial charge is 0.488 e. The predicted octanol–water partition coefficient (Wildman–Crippen LogP) is 2.10. The predicted molar refractivity (Wildman–Crippen MR) is 76.5 cm³/mol. The summed E-state index contributed by atoms with van der Waals surface area (Å²) >= 11 is 0. The smallest absolute Gasteiger partial charge is 0.253 e. The molecule has 4 heteroatoms. The molecule has 0 aromatic heterocycles. The summed E-state index contributed by atoms with van der Waals surface area (Å²) in [7, 11) is 1.73. The van der Waals surface area contributed by atoms with E-state index < -0.39 is 0 Å². The molecule has 0 atom stereocenters. The Morgan fingerprint density at radius 1 is 1.30 bits per heavy atom. The molecule has 1 aromatic carbocycles. The van der Waals surface area contributed by atoms with Gasteiger partial charge in [0.1, 0.15) is 12.4 Å². The van der Waals surface area contributed by atoms with Crippen molar-refractivity contribution in [2.24, 2.45) is 0 Å². The summed E-state index contributed by atoms with van der Waals surface area (Å²) in [4.78, 5) is 14.4. The van der Waals surface area contributed by atoms with Crippen LogP contribution in [0.25, 0.3) is 6.08 Å². The van der Waals surface area contributed by atoms with E-state index in [2.05, 4.69) is 0 Å². The summed E-state index contributed by atoms with van der Waals surface area (Å²) in [5, 5.41) is 0. The average Bonchev–Trinajstić information content (AvgIpc) is 2.54. The fourth-order valence-electron chi connectivity index (χ4n) is 2.74. The van der Waals surface area contributed by atoms with Gasteiger partial charge in [0.25, 0.3) is 5.91 Å². The number of fused-ring (bicyclic) bond motifs is 1. The van der Waals surface area contributed by atoms with E-state index in [1.165, 1.54) is 0 Å². The maximum atomic E-state index is 12.5. The fraction of sp³-hybridized carbons (Fsp3) is 0.438. The van der Waals surface area contributed by atoms with Crippen molar-refractivity contribution in [2.75, 3.05) is 26.8 Å². The van der Waals surface area contributed by atoms with Crippen LogP contribution in [-0.2, 0) is 9.53 Å². The van der Waals surface area contributed by atoms with Crippen molar-refractivity contribution >= 4 is 12.0 Å². The molecular formula is C16H19NO3. The van der Waals surface area contributed by atoms with Crippen LogP contribution in [0.3, 0.4) is 0 Å². The maximum absolute atomic E-state index is 12.5. The third-order valence-electron chi connectivity index (χ3n) is 3.97. The molecule has 1 amide bonds. The Kier molecular flexibility index (Phi) is 3.74. The van der Waals surface area contributed by atoms with Crippen LogP contribution >= 0.6 is 0 Å². The first-order chi connectivity index (χ1) is 9.78. The highest BCUT2D eigenvalue weighted by Gasteiger charge is 2.26. The Bertz CT molecular complexity index is 530. The Labute approximate surface area is 119 Å². The van der Waals surface area contributed by atoms with Gasteiger partial charge in [-0.05, 0) is 25.0 Å². The molecule has 2 aliphatic rings. The van der Waals surface area contributed by atoms with Crippen molar-refractivity contribution in [3.05, 3.63) is 35.4 Å². The Balaban J connectivity index is 1.71. The second-order valence-corrected chi connectivity index (χ2v) is 5.22. The zero-order valence-corrected chi connectivity index (χ0v) is 11.7. The van der Waals surface area contributed by atoms with Gasteiger partial charge in [0.15, 0.2) is 0 Å². The van der Waals surface area contributed by atoms with Gasteiger partial charge in [-0.1, -0.05) is 18.2 Å². The van der Waals surface area contributed by atoms with E-state index in [0.29, 0.717) is 6.61 Å². The number of benzene rings is 1. The van der Waals surface area contributed by atoms with Crippen LogP contribution in [0.1, 0.15) is 18.4 Å². The molecule has 1 aromatic rings. The van der Waals surface area contributed by atoms with Gasteiger partial charge in [-0.3, -0.25) is 4.79 Å². The molecular weight excluding hydrogens is 254 g/mol. The number of likely N-dealkylation sites (tertiary alicyclic amines) is 1. The maximum Gasteiger partial charge on any atom is 0.253 e. The zero-order chi connectivity index (χ0) is 13.9. The Hall–Kier alpha value is -1.81. The number of hydrogen-bond acceptors (Lipinski definition) is 3. The van der Waals surface area contributed by atoms with Gasteiger partial charge in [0, 0.05) is 25.8 Å². The third-order valence-corrected chi connectivity index (χ3v) is 3.97. The van der Waals surface area contributed by atoms with Crippen LogP contribution in [0.5, 0.6) is 5.75 Å². The number of methoxy groups -OCH3 is 1. The van der Waals surface area contributed by atoms with E-state index in [0.717, 1.165) is 42.8 Å². The molecule has 0 aliphatic carbocycles. The number of amides is 1. The quantitative estimate of drug-likeness (QED) is 0.828. The first-order valence-corrected chi connectivity index (χ1v) is 7.02. The van der Waals surface area contributed by atoms with Gasteiger partial charge in [0.2, 0.25) is 0 Å². The van der Waals surface area contributed by atoms with Crippen molar-refractivity contribution in [3.8, 4) is 5.75 Å². The number of ether oxygens (including phenoxy) is 2. The molecule has 1 fully saturated rings. The molecule has 3 rings (SSSR count). The number of piperidine rings is 1. The minimum absolute atomic E-state index is 0.0917. The van der Waals surface area contributed by atoms with Crippen molar-refractivity contribution in [1.82, 2.24) is 4.90 Å². The van der Waals surface area contributed by atoms with Gasteiger partial charge >= 0.3 is 0 Å². The number of rotatable bonds is 2. The number of nitrogens with zero attached hydrogens (tertiary/aromatic N) is 1. The Morgan fingerprint density at radius 3 is 2.80 bits per heavy atom. The van der Waals surface area contributed by atoms with Gasteiger partial charge in [-0.15, -0.1) is 0 Å². The highest BCUT2D eigenvalue weighted by atomic mass is 16.5. The molecule has 0 radical (unpaired) electrons. The van der Waals surface area contributed by atoms with Crippen LogP contribution < -0.4 is 4.74 Å². The molecule has 0 saturated carbocycles. The normalized spacial score (nSPS) is 19.1. The molecule has 0 unspecified atom stereocenters. The first kappa shape index (κ1) is 13.2. The third kappa shape index (κ3) is 2.56. The lowest BCUT2D eigenvalue weighted by Crippen LogP contribution is -2.42. The van der Waals surface area contributed by atoms with Crippen LogP contribution in [0, 0.1) is 0 Å². The van der Waals surface area contributed by atoms with Crippen molar-refractivity contribution in [2.45, 2.75) is 18.9 Å². The number of carbonyl (C=O) groups is 1. The SMILES string of the molecule is COC1CCN(C(=O)C2=Cc3ccccc3OC2)CC1. The molecule has 4 nitrogen and oxygen atoms in total. The van der Waals surface area contributed by atoms with Crippen LogP contribution in [0.4, 0.5) is 0 Å².